The van der Waals surface area contributed by atoms with Gasteiger partial charge in [0.15, 0.2) is 0 Å². The van der Waals surface area contributed by atoms with Crippen LogP contribution in [0.3, 0.4) is 0 Å². The molecule has 4 heteroatoms. The number of hydrogen-bond donors (Lipinski definition) is 1. The molecule has 0 bridgehead atoms. The number of hydrogen-bond acceptors (Lipinski definition) is 1. The van der Waals surface area contributed by atoms with Crippen LogP contribution in [-0.2, 0) is 11.2 Å². The summed E-state index contributed by atoms with van der Waals surface area (Å²) in [6.07, 6.45) is 0.572. The van der Waals surface area contributed by atoms with Crippen molar-refractivity contribution in [2.75, 3.05) is 0 Å². The van der Waals surface area contributed by atoms with E-state index in [0.29, 0.717) is 12.0 Å². The first-order valence-electron chi connectivity index (χ1n) is 4.81. The molecule has 0 spiro atoms. The molecule has 78 valence electrons. The van der Waals surface area contributed by atoms with Gasteiger partial charge < -0.3 is 5.11 Å². The Labute approximate surface area is 94.2 Å². The van der Waals surface area contributed by atoms with Gasteiger partial charge in [-0.25, -0.2) is 4.39 Å². The fourth-order valence-electron chi connectivity index (χ4n) is 2.77. The van der Waals surface area contributed by atoms with Gasteiger partial charge in [0.2, 0.25) is 0 Å². The Morgan fingerprint density at radius 3 is 2.93 bits per heavy atom. The lowest BCUT2D eigenvalue weighted by Crippen LogP contribution is -2.06. The van der Waals surface area contributed by atoms with Gasteiger partial charge in [-0.1, -0.05) is 15.9 Å². The smallest absolute Gasteiger partial charge is 0.307 e. The van der Waals surface area contributed by atoms with Gasteiger partial charge in [0.25, 0.3) is 0 Å². The van der Waals surface area contributed by atoms with Gasteiger partial charge >= 0.3 is 5.97 Å². The number of carboxylic acids is 1. The van der Waals surface area contributed by atoms with Crippen molar-refractivity contribution in [2.24, 2.45) is 11.8 Å². The summed E-state index contributed by atoms with van der Waals surface area (Å²) >= 11 is 3.37. The summed E-state index contributed by atoms with van der Waals surface area (Å²) in [6.45, 7) is 0. The minimum Gasteiger partial charge on any atom is -0.481 e. The van der Waals surface area contributed by atoms with E-state index >= 15 is 0 Å². The molecular formula is C11H8BrFO2. The number of carbonyl (C=O) groups is 1. The van der Waals surface area contributed by atoms with Crippen LogP contribution in [-0.4, -0.2) is 11.1 Å². The summed E-state index contributed by atoms with van der Waals surface area (Å²) < 4.78 is 14.3. The highest BCUT2D eigenvalue weighted by molar-refractivity contribution is 9.10. The first-order valence-corrected chi connectivity index (χ1v) is 5.60. The average Bonchev–Trinajstić information content (AvgIpc) is 2.75. The highest BCUT2D eigenvalue weighted by Crippen LogP contribution is 2.63. The minimum absolute atomic E-state index is 0.0302. The van der Waals surface area contributed by atoms with E-state index in [4.69, 9.17) is 5.11 Å². The lowest BCUT2D eigenvalue weighted by atomic mass is 10.0. The zero-order chi connectivity index (χ0) is 10.7. The van der Waals surface area contributed by atoms with E-state index in [0.717, 1.165) is 10.0 Å². The summed E-state index contributed by atoms with van der Waals surface area (Å²) in [5, 5.41) is 8.94. The number of rotatable bonds is 1. The standard InChI is InChI=1S/C11H8BrFO2/c12-6-1-2-7(13)4-3-5-9(8(4)6)10(5)11(14)15/h1-2,5,9-10H,3H2,(H,14,15)/t5-,9-,10-/m1/s1. The van der Waals surface area contributed by atoms with Crippen molar-refractivity contribution in [3.63, 3.8) is 0 Å². The molecule has 0 aromatic heterocycles. The SMILES string of the molecule is O=C(O)[C@@H]1[C@@H]2Cc3c(F)ccc(Br)c3[C@@H]21. The monoisotopic (exact) mass is 270 g/mol. The van der Waals surface area contributed by atoms with Crippen molar-refractivity contribution >= 4 is 21.9 Å². The maximum Gasteiger partial charge on any atom is 0.307 e. The van der Waals surface area contributed by atoms with Crippen LogP contribution in [0.25, 0.3) is 0 Å². The second-order valence-electron chi connectivity index (χ2n) is 4.18. The summed E-state index contributed by atoms with van der Waals surface area (Å²) in [6, 6.07) is 3.09. The van der Waals surface area contributed by atoms with Crippen LogP contribution in [0.2, 0.25) is 0 Å². The van der Waals surface area contributed by atoms with Crippen molar-refractivity contribution < 1.29 is 14.3 Å². The second-order valence-corrected chi connectivity index (χ2v) is 5.03. The van der Waals surface area contributed by atoms with E-state index in [1.54, 1.807) is 6.07 Å². The summed E-state index contributed by atoms with van der Waals surface area (Å²) in [5.74, 6) is -1.11. The van der Waals surface area contributed by atoms with Crippen LogP contribution in [0.5, 0.6) is 0 Å². The molecule has 3 atom stereocenters. The molecule has 2 nitrogen and oxygen atoms in total. The highest BCUT2D eigenvalue weighted by atomic mass is 79.9. The fraction of sp³-hybridized carbons (Fsp3) is 0.364. The Morgan fingerprint density at radius 2 is 2.27 bits per heavy atom. The molecule has 1 N–H and O–H groups in total. The van der Waals surface area contributed by atoms with Crippen LogP contribution in [0, 0.1) is 17.7 Å². The molecule has 1 aromatic rings. The van der Waals surface area contributed by atoms with Gasteiger partial charge in [-0.15, -0.1) is 0 Å². The Kier molecular flexibility index (Phi) is 1.75. The molecule has 0 heterocycles. The first kappa shape index (κ1) is 9.33. The van der Waals surface area contributed by atoms with Gasteiger partial charge in [0.05, 0.1) is 5.92 Å². The van der Waals surface area contributed by atoms with Crippen molar-refractivity contribution in [3.05, 3.63) is 33.5 Å². The van der Waals surface area contributed by atoms with Gasteiger partial charge in [0, 0.05) is 10.4 Å². The summed E-state index contributed by atoms with van der Waals surface area (Å²) in [7, 11) is 0. The third kappa shape index (κ3) is 1.11. The van der Waals surface area contributed by atoms with Crippen molar-refractivity contribution in [2.45, 2.75) is 12.3 Å². The topological polar surface area (TPSA) is 37.3 Å². The molecule has 0 unspecified atom stereocenters. The third-order valence-corrected chi connectivity index (χ3v) is 4.17. The van der Waals surface area contributed by atoms with Gasteiger partial charge in [0.1, 0.15) is 5.82 Å². The third-order valence-electron chi connectivity index (χ3n) is 3.47. The van der Waals surface area contributed by atoms with Gasteiger partial charge in [-0.3, -0.25) is 4.79 Å². The number of carboxylic acid groups (broad SMARTS) is 1. The van der Waals surface area contributed by atoms with Crippen LogP contribution < -0.4 is 0 Å². The van der Waals surface area contributed by atoms with Crippen molar-refractivity contribution in [1.29, 1.82) is 0 Å². The van der Waals surface area contributed by atoms with Gasteiger partial charge in [-0.2, -0.15) is 0 Å². The number of aliphatic carboxylic acids is 1. The highest BCUT2D eigenvalue weighted by Gasteiger charge is 2.60. The lowest BCUT2D eigenvalue weighted by Gasteiger charge is -2.08. The van der Waals surface area contributed by atoms with E-state index in [9.17, 15) is 9.18 Å². The molecule has 1 aromatic carbocycles. The Bertz CT molecular complexity index is 472. The Balaban J connectivity index is 2.09. The molecule has 0 amide bonds. The summed E-state index contributed by atoms with van der Waals surface area (Å²) in [5.41, 5.74) is 1.59. The molecule has 3 rings (SSSR count). The number of benzene rings is 1. The van der Waals surface area contributed by atoms with E-state index in [1.165, 1.54) is 6.07 Å². The van der Waals surface area contributed by atoms with E-state index < -0.39 is 5.97 Å². The van der Waals surface area contributed by atoms with Crippen molar-refractivity contribution in [1.82, 2.24) is 0 Å². The largest absolute Gasteiger partial charge is 0.481 e. The molecule has 15 heavy (non-hydrogen) atoms. The Morgan fingerprint density at radius 1 is 1.53 bits per heavy atom. The normalized spacial score (nSPS) is 30.9. The molecule has 1 saturated carbocycles. The van der Waals surface area contributed by atoms with Gasteiger partial charge in [-0.05, 0) is 35.6 Å². The minimum atomic E-state index is -0.758. The van der Waals surface area contributed by atoms with Crippen LogP contribution >= 0.6 is 15.9 Å². The maximum atomic E-state index is 13.4. The van der Waals surface area contributed by atoms with Crippen LogP contribution in [0.4, 0.5) is 4.39 Å². The second kappa shape index (κ2) is 2.82. The van der Waals surface area contributed by atoms with E-state index in [2.05, 4.69) is 15.9 Å². The quantitative estimate of drug-likeness (QED) is 0.852. The molecular weight excluding hydrogens is 263 g/mol. The zero-order valence-electron chi connectivity index (χ0n) is 7.71. The molecule has 1 fully saturated rings. The zero-order valence-corrected chi connectivity index (χ0v) is 9.29. The summed E-state index contributed by atoms with van der Waals surface area (Å²) in [4.78, 5) is 10.9. The average molecular weight is 271 g/mol. The lowest BCUT2D eigenvalue weighted by molar-refractivity contribution is -0.139. The van der Waals surface area contributed by atoms with E-state index in [1.807, 2.05) is 0 Å². The predicted molar refractivity (Wildman–Crippen MR) is 55.2 cm³/mol. The number of halogens is 2. The number of fused-ring (bicyclic) bond motifs is 3. The fourth-order valence-corrected chi connectivity index (χ4v) is 3.41. The molecule has 2 aliphatic carbocycles. The molecule has 0 radical (unpaired) electrons. The van der Waals surface area contributed by atoms with E-state index in [-0.39, 0.29) is 23.6 Å². The van der Waals surface area contributed by atoms with Crippen molar-refractivity contribution in [3.8, 4) is 0 Å². The molecule has 2 aliphatic rings. The molecule has 0 aliphatic heterocycles. The predicted octanol–water partition coefficient (Wildman–Crippen LogP) is 2.56. The van der Waals surface area contributed by atoms with Crippen LogP contribution in [0.15, 0.2) is 16.6 Å². The Hall–Kier alpha value is -0.900. The first-order chi connectivity index (χ1) is 7.11. The van der Waals surface area contributed by atoms with Crippen LogP contribution in [0.1, 0.15) is 17.0 Å². The maximum absolute atomic E-state index is 13.4. The molecule has 0 saturated heterocycles.